The summed E-state index contributed by atoms with van der Waals surface area (Å²) in [4.78, 5) is 0. The zero-order chi connectivity index (χ0) is 29.3. The van der Waals surface area contributed by atoms with Gasteiger partial charge in [0.2, 0.25) is 0 Å². The van der Waals surface area contributed by atoms with Crippen molar-refractivity contribution in [2.24, 2.45) is 0 Å². The summed E-state index contributed by atoms with van der Waals surface area (Å²) in [5.74, 6) is 0. The van der Waals surface area contributed by atoms with Gasteiger partial charge in [0, 0.05) is 0 Å². The van der Waals surface area contributed by atoms with Crippen LogP contribution < -0.4 is 0 Å². The van der Waals surface area contributed by atoms with Crippen molar-refractivity contribution in [3.05, 3.63) is 0 Å². The number of hydrogen-bond donors (Lipinski definition) is 0. The van der Waals surface area contributed by atoms with Gasteiger partial charge in [0.15, 0.2) is 0 Å². The van der Waals surface area contributed by atoms with Gasteiger partial charge in [-0.2, -0.15) is 0 Å². The monoisotopic (exact) mass is 511 g/mol. The van der Waals surface area contributed by atoms with Crippen molar-refractivity contribution >= 4 is 0 Å². The van der Waals surface area contributed by atoms with E-state index in [1.807, 2.05) is 125 Å². The second-order valence-electron chi connectivity index (χ2n) is 5.66. The Morgan fingerprint density at radius 3 is 0.171 bits per heavy atom. The molecule has 0 aromatic carbocycles. The van der Waals surface area contributed by atoms with Crippen molar-refractivity contribution in [2.45, 2.75) is 235 Å². The van der Waals surface area contributed by atoms with E-state index in [1.165, 1.54) is 103 Å². The van der Waals surface area contributed by atoms with Crippen LogP contribution in [0.25, 0.3) is 0 Å². The van der Waals surface area contributed by atoms with Gasteiger partial charge in [0.05, 0.1) is 0 Å². The van der Waals surface area contributed by atoms with Gasteiger partial charge in [0.25, 0.3) is 0 Å². The summed E-state index contributed by atoms with van der Waals surface area (Å²) in [5.41, 5.74) is 0. The first-order valence-corrected chi connectivity index (χ1v) is 17.0. The molecule has 0 aromatic heterocycles. The minimum atomic E-state index is 0. The molecule has 230 valence electrons. The van der Waals surface area contributed by atoms with Crippen LogP contribution in [-0.4, -0.2) is 0 Å². The van der Waals surface area contributed by atoms with Crippen LogP contribution in [0.2, 0.25) is 0 Å². The predicted molar refractivity (Wildman–Crippen MR) is 183 cm³/mol. The third kappa shape index (κ3) is 136. The SMILES string of the molecule is C.C1CCC1.C1CCC1.C1CCC1.C1CCC1.CC.CC.CC.CC.CC.CC.CC.CC.CC. The Balaban J connectivity index is -0.0000000247. The topological polar surface area (TPSA) is 0 Å². The lowest BCUT2D eigenvalue weighted by molar-refractivity contribution is 0.504. The smallest absolute Gasteiger partial charge is 0.0533 e. The van der Waals surface area contributed by atoms with Crippen LogP contribution in [0, 0.1) is 0 Å². The molecule has 0 atom stereocenters. The largest absolute Gasteiger partial charge is 0.0776 e. The van der Waals surface area contributed by atoms with E-state index in [4.69, 9.17) is 0 Å². The van der Waals surface area contributed by atoms with E-state index in [0.29, 0.717) is 0 Å². The summed E-state index contributed by atoms with van der Waals surface area (Å²) >= 11 is 0. The lowest BCUT2D eigenvalue weighted by Gasteiger charge is -2.05. The molecule has 4 saturated carbocycles. The summed E-state index contributed by atoms with van der Waals surface area (Å²) in [6.07, 6.45) is 24.0. The summed E-state index contributed by atoms with van der Waals surface area (Å²) in [7, 11) is 0. The van der Waals surface area contributed by atoms with Crippen LogP contribution in [-0.2, 0) is 0 Å². The molecule has 0 unspecified atom stereocenters. The number of rotatable bonds is 0. The summed E-state index contributed by atoms with van der Waals surface area (Å²) < 4.78 is 0. The molecule has 0 aromatic rings. The zero-order valence-electron chi connectivity index (χ0n) is 29.3. The van der Waals surface area contributed by atoms with E-state index in [9.17, 15) is 0 Å². The van der Waals surface area contributed by atoms with E-state index in [-0.39, 0.29) is 7.43 Å². The second kappa shape index (κ2) is 145. The van der Waals surface area contributed by atoms with Gasteiger partial charge in [-0.05, 0) is 0 Å². The maximum atomic E-state index is 2.00. The molecule has 0 nitrogen and oxygen atoms in total. The van der Waals surface area contributed by atoms with Crippen LogP contribution in [0.5, 0.6) is 0 Å². The highest BCUT2D eigenvalue weighted by atomic mass is 14.0. The Bertz CT molecular complexity index is 64.0. The molecule has 0 spiro atoms. The molecule has 0 aliphatic heterocycles. The highest BCUT2D eigenvalue weighted by Gasteiger charge is 1.96. The molecule has 0 heteroatoms. The van der Waals surface area contributed by atoms with E-state index >= 15 is 0 Å². The van der Waals surface area contributed by atoms with Crippen molar-refractivity contribution in [3.63, 3.8) is 0 Å². The molecule has 4 aliphatic carbocycles. The standard InChI is InChI=1S/4C4H8.9C2H6.CH4/c4*1-2-4-3-1;9*1-2;/h4*1-4H2;9*1-2H3;1H4. The van der Waals surface area contributed by atoms with Crippen molar-refractivity contribution < 1.29 is 0 Å². The van der Waals surface area contributed by atoms with Gasteiger partial charge in [-0.1, -0.05) is 235 Å². The molecule has 4 rings (SSSR count). The average molecular weight is 511 g/mol. The van der Waals surface area contributed by atoms with Crippen molar-refractivity contribution in [3.8, 4) is 0 Å². The average Bonchev–Trinajstić information content (AvgIpc) is 2.81. The lowest BCUT2D eigenvalue weighted by atomic mass is 10.0. The van der Waals surface area contributed by atoms with Crippen molar-refractivity contribution in [1.82, 2.24) is 0 Å². The van der Waals surface area contributed by atoms with Gasteiger partial charge in [-0.15, -0.1) is 0 Å². The fourth-order valence-corrected chi connectivity index (χ4v) is 1.000. The summed E-state index contributed by atoms with van der Waals surface area (Å²) in [5, 5.41) is 0. The van der Waals surface area contributed by atoms with Crippen LogP contribution in [0.4, 0.5) is 0 Å². The molecular formula is C35H90. The maximum absolute atomic E-state index is 2.00. The minimum Gasteiger partial charge on any atom is -0.0776 e. The highest BCUT2D eigenvalue weighted by molar-refractivity contribution is 4.52. The fourth-order valence-electron chi connectivity index (χ4n) is 1.000. The minimum absolute atomic E-state index is 0. The first kappa shape index (κ1) is 64.7. The molecular weight excluding hydrogens is 420 g/mol. The number of hydrogen-bond acceptors (Lipinski definition) is 0. The van der Waals surface area contributed by atoms with Gasteiger partial charge >= 0.3 is 0 Å². The molecule has 0 radical (unpaired) electrons. The van der Waals surface area contributed by atoms with Crippen LogP contribution in [0.15, 0.2) is 0 Å². The van der Waals surface area contributed by atoms with Crippen LogP contribution >= 0.6 is 0 Å². The summed E-state index contributed by atoms with van der Waals surface area (Å²) in [6, 6.07) is 0. The highest BCUT2D eigenvalue weighted by Crippen LogP contribution is 2.16. The molecule has 0 saturated heterocycles. The Morgan fingerprint density at radius 2 is 0.171 bits per heavy atom. The molecule has 0 N–H and O–H groups in total. The summed E-state index contributed by atoms with van der Waals surface area (Å²) in [6.45, 7) is 36.0. The first-order valence-electron chi connectivity index (χ1n) is 17.0. The Kier molecular flexibility index (Phi) is 268. The molecule has 35 heavy (non-hydrogen) atoms. The van der Waals surface area contributed by atoms with Gasteiger partial charge in [-0.25, -0.2) is 0 Å². The molecule has 4 aliphatic rings. The van der Waals surface area contributed by atoms with Gasteiger partial charge in [0.1, 0.15) is 0 Å². The van der Waals surface area contributed by atoms with Crippen molar-refractivity contribution in [1.29, 1.82) is 0 Å². The fraction of sp³-hybridized carbons (Fsp3) is 1.00. The Morgan fingerprint density at radius 1 is 0.143 bits per heavy atom. The molecule has 4 fully saturated rings. The quantitative estimate of drug-likeness (QED) is 0.304. The molecule has 0 amide bonds. The van der Waals surface area contributed by atoms with E-state index < -0.39 is 0 Å². The van der Waals surface area contributed by atoms with Crippen molar-refractivity contribution in [2.75, 3.05) is 0 Å². The maximum Gasteiger partial charge on any atom is -0.0533 e. The Labute approximate surface area is 234 Å². The third-order valence-corrected chi connectivity index (χ3v) is 4.00. The lowest BCUT2D eigenvalue weighted by Crippen LogP contribution is -1.85. The van der Waals surface area contributed by atoms with E-state index in [1.54, 1.807) is 0 Å². The Hall–Kier alpha value is 0. The second-order valence-corrected chi connectivity index (χ2v) is 5.66. The molecule has 0 heterocycles. The van der Waals surface area contributed by atoms with Crippen LogP contribution in [0.3, 0.4) is 0 Å². The third-order valence-electron chi connectivity index (χ3n) is 4.00. The van der Waals surface area contributed by atoms with E-state index in [0.717, 1.165) is 0 Å². The van der Waals surface area contributed by atoms with Crippen LogP contribution in [0.1, 0.15) is 235 Å². The van der Waals surface area contributed by atoms with Gasteiger partial charge in [-0.3, -0.25) is 0 Å². The zero-order valence-corrected chi connectivity index (χ0v) is 29.3. The predicted octanol–water partition coefficient (Wildman–Crippen LogP) is 16.1. The first-order chi connectivity index (χ1) is 17.0. The van der Waals surface area contributed by atoms with Gasteiger partial charge < -0.3 is 0 Å². The molecule has 0 bridgehead atoms. The normalized spacial score (nSPS) is 12.5. The van der Waals surface area contributed by atoms with E-state index in [2.05, 4.69) is 0 Å².